The van der Waals surface area contributed by atoms with Gasteiger partial charge in [0.15, 0.2) is 0 Å². The van der Waals surface area contributed by atoms with Crippen LogP contribution in [0.25, 0.3) is 6.08 Å². The number of carbonyl (C=O) groups excluding carboxylic acids is 1. The molecule has 1 heterocycles. The largest absolute Gasteiger partial charge is 0.321 e. The fraction of sp³-hybridized carbons (Fsp3) is 0.118. The normalized spacial score (nSPS) is 10.8. The zero-order valence-corrected chi connectivity index (χ0v) is 11.7. The smallest absolute Gasteiger partial charge is 0.266 e. The molecule has 104 valence electrons. The van der Waals surface area contributed by atoms with E-state index >= 15 is 0 Å². The van der Waals surface area contributed by atoms with Crippen LogP contribution in [0.2, 0.25) is 0 Å². The number of anilines is 1. The predicted molar refractivity (Wildman–Crippen MR) is 82.3 cm³/mol. The summed E-state index contributed by atoms with van der Waals surface area (Å²) in [6.07, 6.45) is 5.71. The Morgan fingerprint density at radius 1 is 1.24 bits per heavy atom. The second-order valence-corrected chi connectivity index (χ2v) is 4.45. The number of hydrogen-bond acceptors (Lipinski definition) is 3. The Kier molecular flexibility index (Phi) is 4.84. The molecule has 0 aliphatic rings. The molecule has 1 aromatic carbocycles. The van der Waals surface area contributed by atoms with Gasteiger partial charge in [-0.2, -0.15) is 5.26 Å². The van der Waals surface area contributed by atoms with Crippen molar-refractivity contribution in [2.24, 2.45) is 0 Å². The Morgan fingerprint density at radius 3 is 2.48 bits per heavy atom. The summed E-state index contributed by atoms with van der Waals surface area (Å²) in [4.78, 5) is 16.0. The van der Waals surface area contributed by atoms with E-state index in [1.54, 1.807) is 24.5 Å². The molecular weight excluding hydrogens is 262 g/mol. The minimum Gasteiger partial charge on any atom is -0.321 e. The van der Waals surface area contributed by atoms with Crippen molar-refractivity contribution in [2.45, 2.75) is 13.3 Å². The van der Waals surface area contributed by atoms with E-state index in [1.165, 1.54) is 11.6 Å². The van der Waals surface area contributed by atoms with Gasteiger partial charge in [-0.25, -0.2) is 0 Å². The number of hydrogen-bond donors (Lipinski definition) is 1. The van der Waals surface area contributed by atoms with Crippen LogP contribution in [0, 0.1) is 11.3 Å². The molecule has 1 amide bonds. The highest BCUT2D eigenvalue weighted by Gasteiger charge is 2.09. The quantitative estimate of drug-likeness (QED) is 0.689. The van der Waals surface area contributed by atoms with Crippen LogP contribution in [0.5, 0.6) is 0 Å². The molecule has 1 aromatic heterocycles. The van der Waals surface area contributed by atoms with Gasteiger partial charge in [-0.15, -0.1) is 0 Å². The van der Waals surface area contributed by atoms with Crippen LogP contribution in [-0.2, 0) is 11.2 Å². The summed E-state index contributed by atoms with van der Waals surface area (Å²) in [5.41, 5.74) is 2.69. The van der Waals surface area contributed by atoms with Crippen LogP contribution in [0.4, 0.5) is 5.69 Å². The number of pyridine rings is 1. The highest BCUT2D eigenvalue weighted by atomic mass is 16.1. The zero-order chi connectivity index (χ0) is 15.1. The first-order valence-electron chi connectivity index (χ1n) is 6.65. The Balaban J connectivity index is 2.13. The Labute approximate surface area is 123 Å². The minimum atomic E-state index is -0.418. The summed E-state index contributed by atoms with van der Waals surface area (Å²) in [6, 6.07) is 13.0. The summed E-state index contributed by atoms with van der Waals surface area (Å²) in [7, 11) is 0. The number of nitriles is 1. The lowest BCUT2D eigenvalue weighted by Gasteiger charge is -2.05. The van der Waals surface area contributed by atoms with Crippen LogP contribution in [0.1, 0.15) is 18.1 Å². The van der Waals surface area contributed by atoms with Crippen LogP contribution in [0.3, 0.4) is 0 Å². The van der Waals surface area contributed by atoms with Crippen molar-refractivity contribution in [3.8, 4) is 6.07 Å². The maximum Gasteiger partial charge on any atom is 0.266 e. The van der Waals surface area contributed by atoms with E-state index in [2.05, 4.69) is 17.2 Å². The lowest BCUT2D eigenvalue weighted by atomic mass is 10.1. The molecule has 0 fully saturated rings. The van der Waals surface area contributed by atoms with Gasteiger partial charge >= 0.3 is 0 Å². The van der Waals surface area contributed by atoms with Crippen molar-refractivity contribution in [2.75, 3.05) is 5.32 Å². The SMILES string of the molecule is CCc1ccc(NC(=O)/C(C#N)=C\c2ccncc2)cc1. The Hall–Kier alpha value is -2.93. The van der Waals surface area contributed by atoms with Gasteiger partial charge in [0.1, 0.15) is 11.6 Å². The fourth-order valence-corrected chi connectivity index (χ4v) is 1.80. The van der Waals surface area contributed by atoms with Gasteiger partial charge in [0, 0.05) is 18.1 Å². The molecule has 4 heteroatoms. The van der Waals surface area contributed by atoms with Crippen molar-refractivity contribution in [3.05, 3.63) is 65.5 Å². The summed E-state index contributed by atoms with van der Waals surface area (Å²) in [6.45, 7) is 2.07. The van der Waals surface area contributed by atoms with Gasteiger partial charge in [0.05, 0.1) is 0 Å². The number of amides is 1. The molecular formula is C17H15N3O. The number of carbonyl (C=O) groups is 1. The number of nitrogens with one attached hydrogen (secondary N) is 1. The van der Waals surface area contributed by atoms with Crippen molar-refractivity contribution in [3.63, 3.8) is 0 Å². The second kappa shape index (κ2) is 7.01. The standard InChI is InChI=1S/C17H15N3O/c1-2-13-3-5-16(6-4-13)20-17(21)15(12-18)11-14-7-9-19-10-8-14/h3-11H,2H2,1H3,(H,20,21)/b15-11-. The molecule has 0 aliphatic heterocycles. The van der Waals surface area contributed by atoms with Crippen LogP contribution in [0.15, 0.2) is 54.4 Å². The molecule has 0 bridgehead atoms. The van der Waals surface area contributed by atoms with E-state index in [9.17, 15) is 4.79 Å². The van der Waals surface area contributed by atoms with E-state index < -0.39 is 5.91 Å². The van der Waals surface area contributed by atoms with Gasteiger partial charge < -0.3 is 5.32 Å². The Bertz CT molecular complexity index is 682. The molecule has 0 saturated heterocycles. The molecule has 0 radical (unpaired) electrons. The molecule has 0 saturated carbocycles. The van der Waals surface area contributed by atoms with Crippen LogP contribution >= 0.6 is 0 Å². The van der Waals surface area contributed by atoms with E-state index in [-0.39, 0.29) is 5.57 Å². The molecule has 1 N–H and O–H groups in total. The average molecular weight is 277 g/mol. The zero-order valence-electron chi connectivity index (χ0n) is 11.7. The fourth-order valence-electron chi connectivity index (χ4n) is 1.80. The van der Waals surface area contributed by atoms with Gasteiger partial charge in [-0.3, -0.25) is 9.78 Å². The summed E-state index contributed by atoms with van der Waals surface area (Å²) >= 11 is 0. The first kappa shape index (κ1) is 14.5. The van der Waals surface area contributed by atoms with E-state index in [1.807, 2.05) is 30.3 Å². The first-order valence-corrected chi connectivity index (χ1v) is 6.65. The third-order valence-corrected chi connectivity index (χ3v) is 3.00. The van der Waals surface area contributed by atoms with Crippen molar-refractivity contribution in [1.82, 2.24) is 4.98 Å². The number of nitrogens with zero attached hydrogens (tertiary/aromatic N) is 2. The van der Waals surface area contributed by atoms with Crippen LogP contribution < -0.4 is 5.32 Å². The minimum absolute atomic E-state index is 0.0563. The second-order valence-electron chi connectivity index (χ2n) is 4.45. The van der Waals surface area contributed by atoms with Crippen LogP contribution in [-0.4, -0.2) is 10.9 Å². The van der Waals surface area contributed by atoms with E-state index in [0.717, 1.165) is 12.0 Å². The molecule has 0 spiro atoms. The average Bonchev–Trinajstić information content (AvgIpc) is 2.54. The number of aromatic nitrogens is 1. The number of rotatable bonds is 4. The number of benzene rings is 1. The Morgan fingerprint density at radius 2 is 1.90 bits per heavy atom. The van der Waals surface area contributed by atoms with E-state index in [0.29, 0.717) is 5.69 Å². The summed E-state index contributed by atoms with van der Waals surface area (Å²) in [5.74, 6) is -0.418. The highest BCUT2D eigenvalue weighted by Crippen LogP contribution is 2.12. The third kappa shape index (κ3) is 4.02. The molecule has 2 aromatic rings. The highest BCUT2D eigenvalue weighted by molar-refractivity contribution is 6.09. The molecule has 21 heavy (non-hydrogen) atoms. The predicted octanol–water partition coefficient (Wildman–Crippen LogP) is 3.19. The lowest BCUT2D eigenvalue weighted by Crippen LogP contribution is -2.13. The maximum absolute atomic E-state index is 12.1. The summed E-state index contributed by atoms with van der Waals surface area (Å²) in [5, 5.41) is 11.8. The van der Waals surface area contributed by atoms with Crippen molar-refractivity contribution in [1.29, 1.82) is 5.26 Å². The van der Waals surface area contributed by atoms with E-state index in [4.69, 9.17) is 5.26 Å². The third-order valence-electron chi connectivity index (χ3n) is 3.00. The van der Waals surface area contributed by atoms with Crippen molar-refractivity contribution >= 4 is 17.7 Å². The molecule has 4 nitrogen and oxygen atoms in total. The number of aryl methyl sites for hydroxylation is 1. The lowest BCUT2D eigenvalue weighted by molar-refractivity contribution is -0.112. The topological polar surface area (TPSA) is 65.8 Å². The molecule has 0 unspecified atom stereocenters. The molecule has 2 rings (SSSR count). The maximum atomic E-state index is 12.1. The summed E-state index contributed by atoms with van der Waals surface area (Å²) < 4.78 is 0. The van der Waals surface area contributed by atoms with Gasteiger partial charge in [-0.1, -0.05) is 19.1 Å². The van der Waals surface area contributed by atoms with Crippen molar-refractivity contribution < 1.29 is 4.79 Å². The van der Waals surface area contributed by atoms with Gasteiger partial charge in [0.2, 0.25) is 0 Å². The van der Waals surface area contributed by atoms with Gasteiger partial charge in [-0.05, 0) is 47.9 Å². The monoisotopic (exact) mass is 277 g/mol. The molecule has 0 aliphatic carbocycles. The molecule has 0 atom stereocenters. The van der Waals surface area contributed by atoms with Gasteiger partial charge in [0.25, 0.3) is 5.91 Å². The first-order chi connectivity index (χ1) is 10.2.